The summed E-state index contributed by atoms with van der Waals surface area (Å²) < 4.78 is 21.7. The summed E-state index contributed by atoms with van der Waals surface area (Å²) in [7, 11) is 2.95. The number of allylic oxidation sites excluding steroid dienone is 2. The number of carbonyl (C=O) groups excluding carboxylic acids is 4. The zero-order valence-electron chi connectivity index (χ0n) is 26.6. The summed E-state index contributed by atoms with van der Waals surface area (Å²) in [6, 6.07) is 9.57. The van der Waals surface area contributed by atoms with Crippen molar-refractivity contribution < 1.29 is 43.2 Å². The number of alkyl carbamates (subject to hydrolysis) is 1. The summed E-state index contributed by atoms with van der Waals surface area (Å²) in [5, 5.41) is 14.4. The van der Waals surface area contributed by atoms with Crippen LogP contribution in [0.25, 0.3) is 0 Å². The van der Waals surface area contributed by atoms with E-state index >= 15 is 0 Å². The Balaban J connectivity index is 1.56. The molecular formula is C33H39N3O9S. The molecule has 0 aliphatic carbocycles. The van der Waals surface area contributed by atoms with Crippen molar-refractivity contribution in [2.24, 2.45) is 0 Å². The van der Waals surface area contributed by atoms with Crippen LogP contribution in [-0.4, -0.2) is 70.9 Å². The molecule has 0 saturated carbocycles. The number of aliphatic hydroxyl groups excluding tert-OH is 1. The summed E-state index contributed by atoms with van der Waals surface area (Å²) in [5.41, 5.74) is 1.39. The van der Waals surface area contributed by atoms with Crippen molar-refractivity contribution in [2.45, 2.75) is 64.0 Å². The summed E-state index contributed by atoms with van der Waals surface area (Å²) in [4.78, 5) is 54.9. The molecule has 2 aliphatic rings. The van der Waals surface area contributed by atoms with Gasteiger partial charge in [0, 0.05) is 16.9 Å². The molecule has 3 atom stereocenters. The number of thioether (sulfide) groups is 1. The predicted molar refractivity (Wildman–Crippen MR) is 171 cm³/mol. The molecule has 1 unspecified atom stereocenters. The van der Waals surface area contributed by atoms with Crippen LogP contribution < -0.4 is 20.1 Å². The van der Waals surface area contributed by atoms with E-state index in [1.54, 1.807) is 69.3 Å². The zero-order chi connectivity index (χ0) is 33.6. The van der Waals surface area contributed by atoms with E-state index in [4.69, 9.17) is 18.9 Å². The van der Waals surface area contributed by atoms with Crippen LogP contribution in [0.1, 0.15) is 50.4 Å². The Morgan fingerprint density at radius 3 is 2.46 bits per heavy atom. The molecule has 0 radical (unpaired) electrons. The first-order valence-corrected chi connectivity index (χ1v) is 15.6. The fourth-order valence-corrected chi connectivity index (χ4v) is 6.35. The number of esters is 1. The number of fused-ring (bicyclic) bond motifs is 1. The molecule has 3 N–H and O–H groups in total. The minimum atomic E-state index is -1.27. The molecule has 246 valence electrons. The Morgan fingerprint density at radius 1 is 1.09 bits per heavy atom. The Kier molecular flexibility index (Phi) is 11.0. The zero-order valence-corrected chi connectivity index (χ0v) is 27.4. The molecule has 0 spiro atoms. The van der Waals surface area contributed by atoms with Gasteiger partial charge in [0.25, 0.3) is 5.91 Å². The van der Waals surface area contributed by atoms with Crippen LogP contribution in [0.4, 0.5) is 4.79 Å². The topological polar surface area (TPSA) is 153 Å². The molecule has 2 heterocycles. The lowest BCUT2D eigenvalue weighted by Gasteiger charge is -2.49. The third-order valence-electron chi connectivity index (χ3n) is 7.15. The fraction of sp³-hybridized carbons (Fsp3) is 0.394. The average molecular weight is 654 g/mol. The number of benzene rings is 2. The van der Waals surface area contributed by atoms with Gasteiger partial charge in [-0.05, 0) is 51.0 Å². The van der Waals surface area contributed by atoms with Crippen LogP contribution in [0.2, 0.25) is 0 Å². The van der Waals surface area contributed by atoms with Crippen molar-refractivity contribution in [1.82, 2.24) is 15.5 Å². The van der Waals surface area contributed by atoms with Gasteiger partial charge in [-0.3, -0.25) is 14.5 Å². The van der Waals surface area contributed by atoms with E-state index in [1.807, 2.05) is 6.92 Å². The van der Waals surface area contributed by atoms with Crippen LogP contribution in [-0.2, 0) is 37.1 Å². The van der Waals surface area contributed by atoms with Crippen molar-refractivity contribution in [3.8, 4) is 11.5 Å². The second-order valence-electron chi connectivity index (χ2n) is 11.5. The molecule has 1 fully saturated rings. The van der Waals surface area contributed by atoms with E-state index in [-0.39, 0.29) is 18.9 Å². The van der Waals surface area contributed by atoms with Gasteiger partial charge in [0.2, 0.25) is 5.91 Å². The Labute approximate surface area is 272 Å². The number of methoxy groups -OCH3 is 2. The number of aliphatic hydroxyl groups is 1. The molecule has 2 aromatic carbocycles. The molecular weight excluding hydrogens is 614 g/mol. The number of hydrogen-bond donors (Lipinski definition) is 3. The van der Waals surface area contributed by atoms with E-state index in [2.05, 4.69) is 10.6 Å². The summed E-state index contributed by atoms with van der Waals surface area (Å²) >= 11 is 1.39. The van der Waals surface area contributed by atoms with Crippen LogP contribution in [0.5, 0.6) is 11.5 Å². The van der Waals surface area contributed by atoms with Crippen LogP contribution in [0, 0.1) is 0 Å². The van der Waals surface area contributed by atoms with E-state index in [1.165, 1.54) is 36.9 Å². The van der Waals surface area contributed by atoms with Crippen molar-refractivity contribution in [1.29, 1.82) is 0 Å². The Bertz CT molecular complexity index is 1550. The second-order valence-corrected chi connectivity index (χ2v) is 12.6. The van der Waals surface area contributed by atoms with Gasteiger partial charge in [-0.2, -0.15) is 0 Å². The number of carbonyl (C=O) groups is 4. The number of hydrogen-bond acceptors (Lipinski definition) is 10. The highest BCUT2D eigenvalue weighted by Crippen LogP contribution is 2.41. The molecule has 12 nitrogen and oxygen atoms in total. The standard InChI is InChI=1S/C33H39N3O9S/c1-7-10-22-18-46-30-26(29(39)36(30)27(22)31(40)44-17-21-11-8-9-12-23(21)42-5)34-28(38)25(35-32(41)45-33(2,3)4)19-13-14-20(16-37)24(15-19)43-6/h7-15,25-26,30,37H,16-18H2,1-6H3,(H,34,38)(H,35,41)/b10-7-/t25-,26?,30-/m1/s1. The van der Waals surface area contributed by atoms with Gasteiger partial charge in [0.15, 0.2) is 0 Å². The van der Waals surface area contributed by atoms with Crippen LogP contribution in [0.3, 0.4) is 0 Å². The molecule has 4 rings (SSSR count). The molecule has 46 heavy (non-hydrogen) atoms. The van der Waals surface area contributed by atoms with Gasteiger partial charge < -0.3 is 34.7 Å². The van der Waals surface area contributed by atoms with E-state index in [0.717, 1.165) is 0 Å². The van der Waals surface area contributed by atoms with Gasteiger partial charge in [0.05, 0.1) is 20.8 Å². The number of β-lactam (4-membered cyclic amide) rings is 1. The number of nitrogens with one attached hydrogen (secondary N) is 2. The number of amides is 3. The second kappa shape index (κ2) is 14.7. The first-order chi connectivity index (χ1) is 21.9. The van der Waals surface area contributed by atoms with Crippen molar-refractivity contribution in [3.05, 3.63) is 82.6 Å². The fourth-order valence-electron chi connectivity index (χ4n) is 5.03. The molecule has 3 amide bonds. The molecule has 0 bridgehead atoms. The van der Waals surface area contributed by atoms with Crippen molar-refractivity contribution >= 4 is 35.6 Å². The molecule has 1 saturated heterocycles. The van der Waals surface area contributed by atoms with Gasteiger partial charge in [-0.15, -0.1) is 11.8 Å². The summed E-state index contributed by atoms with van der Waals surface area (Å²) in [6.07, 6.45) is 2.69. The number of rotatable bonds is 11. The first kappa shape index (κ1) is 34.4. The lowest BCUT2D eigenvalue weighted by atomic mass is 10.00. The quantitative estimate of drug-likeness (QED) is 0.242. The average Bonchev–Trinajstić information content (AvgIpc) is 3.03. The highest BCUT2D eigenvalue weighted by molar-refractivity contribution is 8.00. The number of para-hydroxylation sites is 1. The lowest BCUT2D eigenvalue weighted by molar-refractivity contribution is -0.153. The maximum absolute atomic E-state index is 13.7. The minimum absolute atomic E-state index is 0.0635. The highest BCUT2D eigenvalue weighted by Gasteiger charge is 2.54. The summed E-state index contributed by atoms with van der Waals surface area (Å²) in [5.74, 6) is -0.578. The number of nitrogens with zero attached hydrogens (tertiary/aromatic N) is 1. The van der Waals surface area contributed by atoms with E-state index in [0.29, 0.717) is 39.5 Å². The van der Waals surface area contributed by atoms with Crippen molar-refractivity contribution in [2.75, 3.05) is 20.0 Å². The largest absolute Gasteiger partial charge is 0.496 e. The van der Waals surface area contributed by atoms with Gasteiger partial charge in [-0.1, -0.05) is 42.5 Å². The minimum Gasteiger partial charge on any atom is -0.496 e. The molecule has 2 aliphatic heterocycles. The van der Waals surface area contributed by atoms with E-state index < -0.39 is 46.9 Å². The van der Waals surface area contributed by atoms with Gasteiger partial charge >= 0.3 is 12.1 Å². The molecule has 2 aromatic rings. The molecule has 13 heteroatoms. The van der Waals surface area contributed by atoms with Gasteiger partial charge in [-0.25, -0.2) is 9.59 Å². The normalized spacial score (nSPS) is 18.3. The van der Waals surface area contributed by atoms with Crippen LogP contribution in [0.15, 0.2) is 65.9 Å². The van der Waals surface area contributed by atoms with Gasteiger partial charge in [0.1, 0.15) is 46.9 Å². The smallest absolute Gasteiger partial charge is 0.408 e. The Hall–Kier alpha value is -4.49. The first-order valence-electron chi connectivity index (χ1n) is 14.6. The number of ether oxygens (including phenoxy) is 4. The lowest BCUT2D eigenvalue weighted by Crippen LogP contribution is -2.71. The Morgan fingerprint density at radius 2 is 1.80 bits per heavy atom. The maximum atomic E-state index is 13.7. The third kappa shape index (κ3) is 7.65. The monoisotopic (exact) mass is 653 g/mol. The third-order valence-corrected chi connectivity index (χ3v) is 8.45. The SMILES string of the molecule is C/C=C\C1=C(C(=O)OCc2ccccc2OC)N2C(=O)C(NC(=O)[C@H](NC(=O)OC(C)(C)C)c3ccc(CO)c(OC)c3)[C@H]2SC1. The highest BCUT2D eigenvalue weighted by atomic mass is 32.2. The van der Waals surface area contributed by atoms with Crippen LogP contribution >= 0.6 is 11.8 Å². The summed E-state index contributed by atoms with van der Waals surface area (Å²) in [6.45, 7) is 6.52. The van der Waals surface area contributed by atoms with Crippen molar-refractivity contribution in [3.63, 3.8) is 0 Å². The molecule has 0 aromatic heterocycles. The maximum Gasteiger partial charge on any atom is 0.408 e. The van der Waals surface area contributed by atoms with E-state index in [9.17, 15) is 24.3 Å². The predicted octanol–water partition coefficient (Wildman–Crippen LogP) is 3.74.